The molecule has 0 heterocycles. The van der Waals surface area contributed by atoms with Crippen molar-refractivity contribution in [2.45, 2.75) is 6.17 Å². The van der Waals surface area contributed by atoms with Gasteiger partial charge >= 0.3 is 0 Å². The number of rotatable bonds is 0. The summed E-state index contributed by atoms with van der Waals surface area (Å²) in [5.74, 6) is 0. The molecule has 1 radical (unpaired) electrons. The summed E-state index contributed by atoms with van der Waals surface area (Å²) in [6.07, 6.45) is 5.41. The Morgan fingerprint density at radius 2 is 2.56 bits per heavy atom. The molecule has 2 nitrogen and oxygen atoms in total. The maximum atomic E-state index is 12.4. The minimum atomic E-state index is -1.31. The second-order valence-electron chi connectivity index (χ2n) is 1.58. The van der Waals surface area contributed by atoms with Gasteiger partial charge in [-0.1, -0.05) is 17.3 Å². The van der Waals surface area contributed by atoms with E-state index in [1.54, 1.807) is 0 Å². The minimum Gasteiger partial charge on any atom is -0.411 e. The second kappa shape index (κ2) is 2.44. The first-order valence-corrected chi connectivity index (χ1v) is 2.47. The number of allylic oxidation sites excluding steroid dienone is 4. The maximum Gasteiger partial charge on any atom is 0.164 e. The van der Waals surface area contributed by atoms with Gasteiger partial charge in [0.1, 0.15) is 5.71 Å². The Balaban J connectivity index is 2.78. The Kier molecular flexibility index (Phi) is 1.63. The fraction of sp³-hybridized carbons (Fsp3) is 0.167. The van der Waals surface area contributed by atoms with Crippen molar-refractivity contribution in [1.82, 2.24) is 0 Å². The summed E-state index contributed by atoms with van der Waals surface area (Å²) in [4.78, 5) is 0. The summed E-state index contributed by atoms with van der Waals surface area (Å²) in [5, 5.41) is 10.8. The van der Waals surface area contributed by atoms with Crippen molar-refractivity contribution in [3.63, 3.8) is 0 Å². The number of oxime groups is 1. The van der Waals surface area contributed by atoms with Gasteiger partial charge < -0.3 is 5.21 Å². The average molecular weight is 126 g/mol. The third-order valence-electron chi connectivity index (χ3n) is 0.976. The summed E-state index contributed by atoms with van der Waals surface area (Å²) in [6, 6.07) is 0. The van der Waals surface area contributed by atoms with Crippen molar-refractivity contribution in [2.24, 2.45) is 5.16 Å². The van der Waals surface area contributed by atoms with Crippen LogP contribution in [0.3, 0.4) is 0 Å². The van der Waals surface area contributed by atoms with Gasteiger partial charge in [0.25, 0.3) is 0 Å². The zero-order valence-electron chi connectivity index (χ0n) is 4.58. The Labute approximate surface area is 52.0 Å². The number of hydrogen-bond donors (Lipinski definition) is 1. The molecule has 1 aliphatic rings. The van der Waals surface area contributed by atoms with E-state index >= 15 is 0 Å². The highest BCUT2D eigenvalue weighted by molar-refractivity contribution is 5.97. The van der Waals surface area contributed by atoms with Gasteiger partial charge in [0.15, 0.2) is 6.17 Å². The molecule has 0 aromatic carbocycles. The summed E-state index contributed by atoms with van der Waals surface area (Å²) in [7, 11) is 0. The van der Waals surface area contributed by atoms with Crippen molar-refractivity contribution >= 4 is 5.71 Å². The third-order valence-corrected chi connectivity index (χ3v) is 0.976. The van der Waals surface area contributed by atoms with Gasteiger partial charge in [-0.25, -0.2) is 4.39 Å². The molecule has 0 bridgehead atoms. The fourth-order valence-corrected chi connectivity index (χ4v) is 0.541. The molecule has 0 aromatic rings. The van der Waals surface area contributed by atoms with Crippen molar-refractivity contribution in [2.75, 3.05) is 0 Å². The Morgan fingerprint density at radius 1 is 1.78 bits per heavy atom. The van der Waals surface area contributed by atoms with E-state index in [1.807, 2.05) is 0 Å². The predicted molar refractivity (Wildman–Crippen MR) is 31.1 cm³/mol. The molecule has 0 saturated heterocycles. The highest BCUT2D eigenvalue weighted by atomic mass is 19.1. The van der Waals surface area contributed by atoms with Crippen LogP contribution in [0, 0.1) is 6.08 Å². The van der Waals surface area contributed by atoms with E-state index < -0.39 is 6.17 Å². The maximum absolute atomic E-state index is 12.4. The van der Waals surface area contributed by atoms with Crippen LogP contribution in [0.2, 0.25) is 0 Å². The van der Waals surface area contributed by atoms with Crippen LogP contribution in [0.4, 0.5) is 4.39 Å². The van der Waals surface area contributed by atoms with E-state index in [1.165, 1.54) is 18.2 Å². The third kappa shape index (κ3) is 1.16. The average Bonchev–Trinajstić information content (AvgIpc) is 1.89. The van der Waals surface area contributed by atoms with E-state index in [-0.39, 0.29) is 5.71 Å². The molecule has 0 fully saturated rings. The van der Waals surface area contributed by atoms with Gasteiger partial charge in [-0.15, -0.1) is 0 Å². The lowest BCUT2D eigenvalue weighted by Gasteiger charge is -2.01. The molecule has 0 aliphatic heterocycles. The number of nitrogens with zero attached hydrogens (tertiary/aromatic N) is 1. The van der Waals surface area contributed by atoms with Gasteiger partial charge in [0, 0.05) is 6.08 Å². The molecule has 1 rings (SSSR count). The lowest BCUT2D eigenvalue weighted by Crippen LogP contribution is -2.12. The van der Waals surface area contributed by atoms with Crippen LogP contribution < -0.4 is 0 Å². The van der Waals surface area contributed by atoms with Crippen molar-refractivity contribution in [1.29, 1.82) is 0 Å². The first kappa shape index (κ1) is 6.01. The lowest BCUT2D eigenvalue weighted by molar-refractivity contribution is 0.313. The molecular weight excluding hydrogens is 121 g/mol. The lowest BCUT2D eigenvalue weighted by atomic mass is 10.1. The summed E-state index contributed by atoms with van der Waals surface area (Å²) < 4.78 is 12.4. The standard InChI is InChI=1S/C6H5FNO/c7-5-3-1-2-4-6(5)8-9/h1-3,5,9H. The Bertz CT molecular complexity index is 183. The molecule has 1 atom stereocenters. The molecule has 0 amide bonds. The van der Waals surface area contributed by atoms with Crippen LogP contribution in [-0.4, -0.2) is 17.1 Å². The molecule has 3 heteroatoms. The van der Waals surface area contributed by atoms with E-state index in [2.05, 4.69) is 11.2 Å². The van der Waals surface area contributed by atoms with Gasteiger partial charge in [0.05, 0.1) is 0 Å². The Hall–Kier alpha value is -1.12. The van der Waals surface area contributed by atoms with Crippen LogP contribution in [0.1, 0.15) is 0 Å². The van der Waals surface area contributed by atoms with Crippen molar-refractivity contribution in [3.05, 3.63) is 24.3 Å². The fourth-order valence-electron chi connectivity index (χ4n) is 0.541. The molecule has 0 aromatic heterocycles. The van der Waals surface area contributed by atoms with Gasteiger partial charge in [-0.3, -0.25) is 0 Å². The normalized spacial score (nSPS) is 29.4. The molecule has 1 aliphatic carbocycles. The monoisotopic (exact) mass is 126 g/mol. The molecule has 0 spiro atoms. The molecular formula is C6H5FNO. The topological polar surface area (TPSA) is 32.6 Å². The molecule has 9 heavy (non-hydrogen) atoms. The van der Waals surface area contributed by atoms with Crippen LogP contribution in [0.5, 0.6) is 0 Å². The predicted octanol–water partition coefficient (Wildman–Crippen LogP) is 1.08. The van der Waals surface area contributed by atoms with E-state index in [9.17, 15) is 4.39 Å². The second-order valence-corrected chi connectivity index (χ2v) is 1.58. The van der Waals surface area contributed by atoms with Crippen LogP contribution in [0.15, 0.2) is 23.4 Å². The highest BCUT2D eigenvalue weighted by Crippen LogP contribution is 2.03. The quantitative estimate of drug-likeness (QED) is 0.382. The zero-order valence-corrected chi connectivity index (χ0v) is 4.58. The van der Waals surface area contributed by atoms with Gasteiger partial charge in [0.2, 0.25) is 0 Å². The minimum absolute atomic E-state index is 0.0718. The van der Waals surface area contributed by atoms with Crippen LogP contribution in [0.25, 0.3) is 0 Å². The van der Waals surface area contributed by atoms with E-state index in [0.717, 1.165) is 0 Å². The zero-order chi connectivity index (χ0) is 6.69. The van der Waals surface area contributed by atoms with E-state index in [4.69, 9.17) is 5.21 Å². The summed E-state index contributed by atoms with van der Waals surface area (Å²) >= 11 is 0. The number of halogens is 1. The largest absolute Gasteiger partial charge is 0.411 e. The van der Waals surface area contributed by atoms with Crippen LogP contribution in [-0.2, 0) is 0 Å². The van der Waals surface area contributed by atoms with Gasteiger partial charge in [-0.05, 0) is 6.08 Å². The van der Waals surface area contributed by atoms with Crippen LogP contribution >= 0.6 is 0 Å². The smallest absolute Gasteiger partial charge is 0.164 e. The molecule has 47 valence electrons. The molecule has 1 N–H and O–H groups in total. The number of alkyl halides is 1. The Morgan fingerprint density at radius 3 is 3.00 bits per heavy atom. The summed E-state index contributed by atoms with van der Waals surface area (Å²) in [5.41, 5.74) is -0.0718. The summed E-state index contributed by atoms with van der Waals surface area (Å²) in [6.45, 7) is 0. The highest BCUT2D eigenvalue weighted by Gasteiger charge is 2.10. The molecule has 0 saturated carbocycles. The van der Waals surface area contributed by atoms with Crippen molar-refractivity contribution < 1.29 is 9.60 Å². The first-order chi connectivity index (χ1) is 4.34. The SMILES string of the molecule is ON=C1[C]=CC=CC1F. The van der Waals surface area contributed by atoms with Crippen molar-refractivity contribution in [3.8, 4) is 0 Å². The molecule has 1 unspecified atom stereocenters. The first-order valence-electron chi connectivity index (χ1n) is 2.47. The number of hydrogen-bond acceptors (Lipinski definition) is 2. The van der Waals surface area contributed by atoms with E-state index in [0.29, 0.717) is 0 Å². The van der Waals surface area contributed by atoms with Gasteiger partial charge in [-0.2, -0.15) is 0 Å².